The second kappa shape index (κ2) is 9.04. The van der Waals surface area contributed by atoms with Crippen LogP contribution in [-0.2, 0) is 0 Å². The number of amides is 1. The van der Waals surface area contributed by atoms with Crippen molar-refractivity contribution in [2.24, 2.45) is 0 Å². The van der Waals surface area contributed by atoms with Crippen LogP contribution in [-0.4, -0.2) is 21.8 Å². The lowest BCUT2D eigenvalue weighted by Crippen LogP contribution is -2.27. The van der Waals surface area contributed by atoms with Gasteiger partial charge in [-0.1, -0.05) is 41.4 Å². The van der Waals surface area contributed by atoms with E-state index >= 15 is 0 Å². The molecule has 33 heavy (non-hydrogen) atoms. The third kappa shape index (κ3) is 4.82. The largest absolute Gasteiger partial charge is 0.456 e. The van der Waals surface area contributed by atoms with E-state index in [-0.39, 0.29) is 22.7 Å². The molecule has 1 aliphatic carbocycles. The number of imidazole rings is 1. The molecule has 4 aromatic rings. The smallest absolute Gasteiger partial charge is 0.256 e. The predicted molar refractivity (Wildman–Crippen MR) is 126 cm³/mol. The zero-order chi connectivity index (χ0) is 22.9. The number of rotatable bonds is 7. The van der Waals surface area contributed by atoms with Gasteiger partial charge in [0.05, 0.1) is 12.1 Å². The van der Waals surface area contributed by atoms with Gasteiger partial charge in [0.15, 0.2) is 0 Å². The summed E-state index contributed by atoms with van der Waals surface area (Å²) in [7, 11) is 0. The van der Waals surface area contributed by atoms with Gasteiger partial charge in [0, 0.05) is 40.3 Å². The fraction of sp³-hybridized carbons (Fsp3) is 0.200. The van der Waals surface area contributed by atoms with Gasteiger partial charge in [-0.05, 0) is 48.6 Å². The van der Waals surface area contributed by atoms with Gasteiger partial charge >= 0.3 is 0 Å². The molecule has 0 radical (unpaired) electrons. The van der Waals surface area contributed by atoms with Crippen LogP contribution in [0.4, 0.5) is 4.39 Å². The second-order valence-corrected chi connectivity index (χ2v) is 8.88. The molecule has 1 atom stereocenters. The number of benzene rings is 2. The molecule has 5 nitrogen and oxygen atoms in total. The van der Waals surface area contributed by atoms with Crippen molar-refractivity contribution in [3.05, 3.63) is 93.9 Å². The minimum Gasteiger partial charge on any atom is -0.456 e. The number of hydrogen-bond donors (Lipinski definition) is 1. The minimum absolute atomic E-state index is 0.212. The second-order valence-electron chi connectivity index (χ2n) is 8.04. The van der Waals surface area contributed by atoms with Crippen LogP contribution in [0.1, 0.15) is 46.4 Å². The number of hydrogen-bond acceptors (Lipinski definition) is 3. The Labute approximate surface area is 200 Å². The van der Waals surface area contributed by atoms with E-state index in [2.05, 4.69) is 16.4 Å². The molecule has 2 aromatic heterocycles. The lowest BCUT2D eigenvalue weighted by molar-refractivity contribution is 0.0939. The molecule has 1 aliphatic rings. The first-order valence-electron chi connectivity index (χ1n) is 10.6. The predicted octanol–water partition coefficient (Wildman–Crippen LogP) is 6.75. The summed E-state index contributed by atoms with van der Waals surface area (Å²) < 4.78 is 22.6. The van der Waals surface area contributed by atoms with Gasteiger partial charge in [0.25, 0.3) is 5.91 Å². The van der Waals surface area contributed by atoms with Gasteiger partial charge < -0.3 is 14.5 Å². The molecule has 1 saturated carbocycles. The number of pyridine rings is 1. The molecule has 1 fully saturated rings. The summed E-state index contributed by atoms with van der Waals surface area (Å²) in [6.07, 6.45) is 5.86. The summed E-state index contributed by atoms with van der Waals surface area (Å²) in [5, 5.41) is 3.27. The molecule has 0 aliphatic heterocycles. The monoisotopic (exact) mass is 483 g/mol. The molecule has 168 valence electrons. The highest BCUT2D eigenvalue weighted by Gasteiger charge is 2.24. The maximum atomic E-state index is 14.8. The van der Waals surface area contributed by atoms with Crippen molar-refractivity contribution in [2.75, 3.05) is 6.54 Å². The van der Waals surface area contributed by atoms with E-state index < -0.39 is 12.1 Å². The normalized spacial score (nSPS) is 14.3. The lowest BCUT2D eigenvalue weighted by atomic mass is 10.1. The van der Waals surface area contributed by atoms with Crippen LogP contribution in [0.15, 0.2) is 67.1 Å². The van der Waals surface area contributed by atoms with Crippen LogP contribution in [0, 0.1) is 0 Å². The van der Waals surface area contributed by atoms with E-state index in [0.29, 0.717) is 28.1 Å². The molecule has 1 unspecified atom stereocenters. The Morgan fingerprint density at radius 3 is 2.85 bits per heavy atom. The summed E-state index contributed by atoms with van der Waals surface area (Å²) in [6, 6.07) is 14.1. The van der Waals surface area contributed by atoms with E-state index in [1.54, 1.807) is 35.1 Å². The van der Waals surface area contributed by atoms with E-state index in [9.17, 15) is 9.18 Å². The molecule has 2 heterocycles. The summed E-state index contributed by atoms with van der Waals surface area (Å²) in [6.45, 7) is -0.251. The molecule has 0 spiro atoms. The fourth-order valence-electron chi connectivity index (χ4n) is 3.72. The third-order valence-corrected chi connectivity index (χ3v) is 6.18. The number of aromatic nitrogens is 2. The zero-order valence-electron chi connectivity index (χ0n) is 17.5. The molecular formula is C25H20Cl2FN3O2. The standard InChI is InChI=1S/C25H20Cl2FN3O2/c26-17-6-7-19(21(27)11-17)22(28)13-30-25(32)20-14-31-9-8-29-24(31)12-23(20)33-18-3-1-2-16(10-18)15-4-5-15/h1-3,6-12,14-15,22H,4-5,13H2,(H,30,32). The summed E-state index contributed by atoms with van der Waals surface area (Å²) in [5.74, 6) is 1.10. The molecule has 0 saturated heterocycles. The first-order chi connectivity index (χ1) is 16.0. The highest BCUT2D eigenvalue weighted by atomic mass is 35.5. The Morgan fingerprint density at radius 1 is 1.21 bits per heavy atom. The zero-order valence-corrected chi connectivity index (χ0v) is 19.0. The van der Waals surface area contributed by atoms with Crippen LogP contribution in [0.5, 0.6) is 11.5 Å². The molecule has 1 N–H and O–H groups in total. The summed E-state index contributed by atoms with van der Waals surface area (Å²) in [5.41, 5.74) is 2.39. The maximum absolute atomic E-state index is 14.8. The number of carbonyl (C=O) groups is 1. The van der Waals surface area contributed by atoms with Crippen molar-refractivity contribution in [3.8, 4) is 11.5 Å². The van der Waals surface area contributed by atoms with Crippen LogP contribution < -0.4 is 10.1 Å². The van der Waals surface area contributed by atoms with Gasteiger partial charge in [-0.15, -0.1) is 0 Å². The van der Waals surface area contributed by atoms with Gasteiger partial charge in [-0.25, -0.2) is 9.37 Å². The quantitative estimate of drug-likeness (QED) is 0.316. The minimum atomic E-state index is -1.49. The van der Waals surface area contributed by atoms with Crippen molar-refractivity contribution in [2.45, 2.75) is 24.9 Å². The number of nitrogens with zero attached hydrogens (tertiary/aromatic N) is 2. The van der Waals surface area contributed by atoms with Crippen molar-refractivity contribution in [1.29, 1.82) is 0 Å². The van der Waals surface area contributed by atoms with Crippen molar-refractivity contribution in [1.82, 2.24) is 14.7 Å². The van der Waals surface area contributed by atoms with E-state index in [4.69, 9.17) is 27.9 Å². The van der Waals surface area contributed by atoms with Crippen LogP contribution in [0.3, 0.4) is 0 Å². The van der Waals surface area contributed by atoms with Gasteiger partial charge in [0.1, 0.15) is 23.3 Å². The van der Waals surface area contributed by atoms with Crippen molar-refractivity contribution in [3.63, 3.8) is 0 Å². The average Bonchev–Trinajstić information content (AvgIpc) is 3.55. The fourth-order valence-corrected chi connectivity index (χ4v) is 4.24. The van der Waals surface area contributed by atoms with E-state index in [1.165, 1.54) is 30.5 Å². The lowest BCUT2D eigenvalue weighted by Gasteiger charge is -2.15. The van der Waals surface area contributed by atoms with Gasteiger partial charge in [-0.2, -0.15) is 0 Å². The highest BCUT2D eigenvalue weighted by molar-refractivity contribution is 6.35. The first kappa shape index (κ1) is 21.7. The SMILES string of the molecule is O=C(NCC(F)c1ccc(Cl)cc1Cl)c1cn2ccnc2cc1Oc1cccc(C2CC2)c1. The molecule has 1 amide bonds. The van der Waals surface area contributed by atoms with Crippen LogP contribution >= 0.6 is 23.2 Å². The molecule has 8 heteroatoms. The average molecular weight is 484 g/mol. The number of nitrogens with one attached hydrogen (secondary N) is 1. The number of carbonyl (C=O) groups excluding carboxylic acids is 1. The summed E-state index contributed by atoms with van der Waals surface area (Å²) >= 11 is 12.0. The summed E-state index contributed by atoms with van der Waals surface area (Å²) in [4.78, 5) is 17.3. The number of halogens is 3. The Balaban J connectivity index is 1.38. The Bertz CT molecular complexity index is 1340. The molecular weight excluding hydrogens is 464 g/mol. The van der Waals surface area contributed by atoms with Crippen LogP contribution in [0.25, 0.3) is 5.65 Å². The number of alkyl halides is 1. The molecule has 0 bridgehead atoms. The number of ether oxygens (including phenoxy) is 1. The number of fused-ring (bicyclic) bond motifs is 1. The van der Waals surface area contributed by atoms with E-state index in [1.807, 2.05) is 18.2 Å². The molecule has 2 aromatic carbocycles. The van der Waals surface area contributed by atoms with Crippen molar-refractivity contribution >= 4 is 34.8 Å². The highest BCUT2D eigenvalue weighted by Crippen LogP contribution is 2.41. The maximum Gasteiger partial charge on any atom is 0.256 e. The third-order valence-electron chi connectivity index (χ3n) is 5.61. The van der Waals surface area contributed by atoms with Gasteiger partial charge in [0.2, 0.25) is 0 Å². The Kier molecular flexibility index (Phi) is 5.96. The molecule has 5 rings (SSSR count). The topological polar surface area (TPSA) is 55.6 Å². The Morgan fingerprint density at radius 2 is 2.06 bits per heavy atom. The first-order valence-corrected chi connectivity index (χ1v) is 11.4. The van der Waals surface area contributed by atoms with E-state index in [0.717, 1.165) is 0 Å². The Hall–Kier alpha value is -3.09. The van der Waals surface area contributed by atoms with Crippen LogP contribution in [0.2, 0.25) is 10.0 Å². The van der Waals surface area contributed by atoms with Crippen molar-refractivity contribution < 1.29 is 13.9 Å². The van der Waals surface area contributed by atoms with Gasteiger partial charge in [-0.3, -0.25) is 4.79 Å².